The smallest absolute Gasteiger partial charge is 0.223 e. The van der Waals surface area contributed by atoms with E-state index < -0.39 is 0 Å². The largest absolute Gasteiger partial charge is 0.393 e. The Morgan fingerprint density at radius 2 is 2.13 bits per heavy atom. The van der Waals surface area contributed by atoms with Gasteiger partial charge in [0.2, 0.25) is 5.91 Å². The fourth-order valence-corrected chi connectivity index (χ4v) is 3.14. The first-order chi connectivity index (χ1) is 11.2. The number of hydrogen-bond donors (Lipinski definition) is 2. The number of carbonyl (C=O) groups excluding carboxylic acids is 1. The molecule has 1 aromatic carbocycles. The van der Waals surface area contributed by atoms with Gasteiger partial charge in [-0.1, -0.05) is 36.8 Å². The molecule has 1 aliphatic rings. The SMILES string of the molecule is O=C(NCc1nccn1Cc1ccccc1)[C@H]1CCC[C@@H](O)C1. The first-order valence-electron chi connectivity index (χ1n) is 8.22. The van der Waals surface area contributed by atoms with E-state index in [4.69, 9.17) is 0 Å². The zero-order valence-corrected chi connectivity index (χ0v) is 13.2. The minimum atomic E-state index is -0.334. The molecule has 2 aromatic rings. The minimum absolute atomic E-state index is 0.0259. The molecule has 5 heteroatoms. The van der Waals surface area contributed by atoms with Crippen molar-refractivity contribution in [2.75, 3.05) is 0 Å². The fraction of sp³-hybridized carbons (Fsp3) is 0.444. The molecular weight excluding hydrogens is 290 g/mol. The van der Waals surface area contributed by atoms with Crippen LogP contribution in [0.3, 0.4) is 0 Å². The van der Waals surface area contributed by atoms with Crippen LogP contribution < -0.4 is 5.32 Å². The van der Waals surface area contributed by atoms with E-state index in [9.17, 15) is 9.90 Å². The molecule has 23 heavy (non-hydrogen) atoms. The predicted molar refractivity (Wildman–Crippen MR) is 87.6 cm³/mol. The number of aliphatic hydroxyl groups excluding tert-OH is 1. The standard InChI is InChI=1S/C18H23N3O2/c22-16-8-4-7-15(11-16)18(23)20-12-17-19-9-10-21(17)13-14-5-2-1-3-6-14/h1-3,5-6,9-10,15-16,22H,4,7-8,11-13H2,(H,20,23)/t15-,16+/m0/s1. The first-order valence-corrected chi connectivity index (χ1v) is 8.22. The second-order valence-electron chi connectivity index (χ2n) is 6.19. The number of hydrogen-bond acceptors (Lipinski definition) is 3. The van der Waals surface area contributed by atoms with E-state index in [0.717, 1.165) is 31.6 Å². The molecule has 0 bridgehead atoms. The Morgan fingerprint density at radius 1 is 1.30 bits per heavy atom. The third kappa shape index (κ3) is 4.20. The van der Waals surface area contributed by atoms with Crippen molar-refractivity contribution < 1.29 is 9.90 Å². The summed E-state index contributed by atoms with van der Waals surface area (Å²) in [6.45, 7) is 1.17. The number of aliphatic hydroxyl groups is 1. The van der Waals surface area contributed by atoms with Crippen LogP contribution in [-0.4, -0.2) is 26.7 Å². The quantitative estimate of drug-likeness (QED) is 0.888. The van der Waals surface area contributed by atoms with E-state index >= 15 is 0 Å². The lowest BCUT2D eigenvalue weighted by Crippen LogP contribution is -2.35. The Labute approximate surface area is 136 Å². The van der Waals surface area contributed by atoms with E-state index in [-0.39, 0.29) is 17.9 Å². The number of nitrogens with one attached hydrogen (secondary N) is 1. The predicted octanol–water partition coefficient (Wildman–Crippen LogP) is 2.10. The average molecular weight is 313 g/mol. The van der Waals surface area contributed by atoms with Crippen LogP contribution in [0.4, 0.5) is 0 Å². The van der Waals surface area contributed by atoms with Gasteiger partial charge in [-0.05, 0) is 24.8 Å². The molecule has 3 rings (SSSR count). The summed E-state index contributed by atoms with van der Waals surface area (Å²) < 4.78 is 2.05. The summed E-state index contributed by atoms with van der Waals surface area (Å²) in [6.07, 6.45) is 6.52. The topological polar surface area (TPSA) is 67.2 Å². The van der Waals surface area contributed by atoms with Crippen molar-refractivity contribution >= 4 is 5.91 Å². The second kappa shape index (κ2) is 7.42. The molecule has 1 heterocycles. The van der Waals surface area contributed by atoms with Gasteiger partial charge in [-0.3, -0.25) is 4.79 Å². The molecule has 2 atom stereocenters. The van der Waals surface area contributed by atoms with E-state index in [1.54, 1.807) is 6.20 Å². The van der Waals surface area contributed by atoms with Gasteiger partial charge in [0.25, 0.3) is 0 Å². The van der Waals surface area contributed by atoms with Crippen molar-refractivity contribution in [1.29, 1.82) is 0 Å². The van der Waals surface area contributed by atoms with Gasteiger partial charge in [0.15, 0.2) is 0 Å². The maximum Gasteiger partial charge on any atom is 0.223 e. The molecule has 0 unspecified atom stereocenters. The Morgan fingerprint density at radius 3 is 2.91 bits per heavy atom. The number of aromatic nitrogens is 2. The Balaban J connectivity index is 1.56. The van der Waals surface area contributed by atoms with Gasteiger partial charge in [0.05, 0.1) is 12.6 Å². The van der Waals surface area contributed by atoms with Crippen LogP contribution in [0.5, 0.6) is 0 Å². The summed E-state index contributed by atoms with van der Waals surface area (Å²) >= 11 is 0. The summed E-state index contributed by atoms with van der Waals surface area (Å²) in [7, 11) is 0. The Kier molecular flexibility index (Phi) is 5.08. The van der Waals surface area contributed by atoms with Crippen LogP contribution in [0.25, 0.3) is 0 Å². The number of amides is 1. The fourth-order valence-electron chi connectivity index (χ4n) is 3.14. The highest BCUT2D eigenvalue weighted by atomic mass is 16.3. The average Bonchev–Trinajstić information content (AvgIpc) is 3.00. The summed E-state index contributed by atoms with van der Waals surface area (Å²) in [5.74, 6) is 0.799. The molecule has 0 spiro atoms. The summed E-state index contributed by atoms with van der Waals surface area (Å²) in [5, 5.41) is 12.7. The van der Waals surface area contributed by atoms with Gasteiger partial charge in [-0.25, -0.2) is 4.98 Å². The van der Waals surface area contributed by atoms with Crippen LogP contribution in [0.2, 0.25) is 0 Å². The summed E-state index contributed by atoms with van der Waals surface area (Å²) in [5.41, 5.74) is 1.20. The highest BCUT2D eigenvalue weighted by Gasteiger charge is 2.25. The van der Waals surface area contributed by atoms with Crippen molar-refractivity contribution in [2.24, 2.45) is 5.92 Å². The van der Waals surface area contributed by atoms with Crippen molar-refractivity contribution in [3.05, 3.63) is 54.1 Å². The minimum Gasteiger partial charge on any atom is -0.393 e. The van der Waals surface area contributed by atoms with Crippen molar-refractivity contribution in [3.8, 4) is 0 Å². The van der Waals surface area contributed by atoms with Gasteiger partial charge in [-0.15, -0.1) is 0 Å². The van der Waals surface area contributed by atoms with E-state index in [1.807, 2.05) is 29.0 Å². The molecular formula is C18H23N3O2. The lowest BCUT2D eigenvalue weighted by Gasteiger charge is -2.24. The highest BCUT2D eigenvalue weighted by Crippen LogP contribution is 2.24. The zero-order valence-electron chi connectivity index (χ0n) is 13.2. The van der Waals surface area contributed by atoms with Gasteiger partial charge in [0, 0.05) is 24.9 Å². The zero-order chi connectivity index (χ0) is 16.1. The molecule has 1 aliphatic carbocycles. The van der Waals surface area contributed by atoms with Crippen LogP contribution >= 0.6 is 0 Å². The number of carbonyl (C=O) groups is 1. The van der Waals surface area contributed by atoms with E-state index in [0.29, 0.717) is 13.0 Å². The molecule has 1 fully saturated rings. The van der Waals surface area contributed by atoms with E-state index in [1.165, 1.54) is 5.56 Å². The normalized spacial score (nSPS) is 21.1. The molecule has 1 aromatic heterocycles. The number of nitrogens with zero attached hydrogens (tertiary/aromatic N) is 2. The van der Waals surface area contributed by atoms with Gasteiger partial charge in [-0.2, -0.15) is 0 Å². The third-order valence-electron chi connectivity index (χ3n) is 4.44. The molecule has 2 N–H and O–H groups in total. The molecule has 5 nitrogen and oxygen atoms in total. The van der Waals surface area contributed by atoms with Crippen LogP contribution in [0, 0.1) is 5.92 Å². The number of rotatable bonds is 5. The van der Waals surface area contributed by atoms with Crippen LogP contribution in [0.1, 0.15) is 37.1 Å². The monoisotopic (exact) mass is 313 g/mol. The van der Waals surface area contributed by atoms with Gasteiger partial charge >= 0.3 is 0 Å². The van der Waals surface area contributed by atoms with Gasteiger partial charge < -0.3 is 15.0 Å². The maximum atomic E-state index is 12.2. The van der Waals surface area contributed by atoms with E-state index in [2.05, 4.69) is 22.4 Å². The van der Waals surface area contributed by atoms with Crippen LogP contribution in [0.15, 0.2) is 42.7 Å². The summed E-state index contributed by atoms with van der Waals surface area (Å²) in [6, 6.07) is 10.2. The first kappa shape index (κ1) is 15.7. The molecule has 1 saturated carbocycles. The van der Waals surface area contributed by atoms with Crippen LogP contribution in [-0.2, 0) is 17.9 Å². The highest BCUT2D eigenvalue weighted by molar-refractivity contribution is 5.78. The lowest BCUT2D eigenvalue weighted by atomic mass is 9.87. The molecule has 1 amide bonds. The third-order valence-corrected chi connectivity index (χ3v) is 4.44. The molecule has 0 aliphatic heterocycles. The molecule has 122 valence electrons. The van der Waals surface area contributed by atoms with Crippen molar-refractivity contribution in [2.45, 2.75) is 44.9 Å². The van der Waals surface area contributed by atoms with Crippen molar-refractivity contribution in [3.63, 3.8) is 0 Å². The summed E-state index contributed by atoms with van der Waals surface area (Å²) in [4.78, 5) is 16.6. The Bertz CT molecular complexity index is 639. The molecule has 0 saturated heterocycles. The van der Waals surface area contributed by atoms with Crippen molar-refractivity contribution in [1.82, 2.24) is 14.9 Å². The van der Waals surface area contributed by atoms with Gasteiger partial charge in [0.1, 0.15) is 5.82 Å². The maximum absolute atomic E-state index is 12.2. The lowest BCUT2D eigenvalue weighted by molar-refractivity contribution is -0.127. The number of benzene rings is 1. The Hall–Kier alpha value is -2.14. The molecule has 0 radical (unpaired) electrons. The number of imidazole rings is 1. The second-order valence-corrected chi connectivity index (χ2v) is 6.19.